The lowest BCUT2D eigenvalue weighted by atomic mass is 10.0. The number of halogens is 2. The summed E-state index contributed by atoms with van der Waals surface area (Å²) in [6.45, 7) is 0.820. The molecule has 0 unspecified atom stereocenters. The first-order valence-corrected chi connectivity index (χ1v) is 7.50. The van der Waals surface area contributed by atoms with E-state index in [2.05, 4.69) is 21.2 Å². The van der Waals surface area contributed by atoms with Gasteiger partial charge in [-0.1, -0.05) is 27.5 Å². The SMILES string of the molecule is O=C(NCC1(C2CC2)CC1)c1cc(Cl)cc(Br)c1. The zero-order chi connectivity index (χ0) is 12.8. The Morgan fingerprint density at radius 1 is 1.39 bits per heavy atom. The van der Waals surface area contributed by atoms with Gasteiger partial charge in [-0.15, -0.1) is 0 Å². The van der Waals surface area contributed by atoms with E-state index in [4.69, 9.17) is 11.6 Å². The highest BCUT2D eigenvalue weighted by atomic mass is 79.9. The number of rotatable bonds is 4. The van der Waals surface area contributed by atoms with Gasteiger partial charge in [0, 0.05) is 21.6 Å². The molecule has 0 spiro atoms. The molecule has 1 aromatic carbocycles. The minimum absolute atomic E-state index is 0.0230. The summed E-state index contributed by atoms with van der Waals surface area (Å²) in [4.78, 5) is 12.1. The van der Waals surface area contributed by atoms with Crippen molar-refractivity contribution in [1.82, 2.24) is 5.32 Å². The van der Waals surface area contributed by atoms with Gasteiger partial charge < -0.3 is 5.32 Å². The first-order valence-electron chi connectivity index (χ1n) is 6.33. The monoisotopic (exact) mass is 327 g/mol. The first-order chi connectivity index (χ1) is 8.59. The summed E-state index contributed by atoms with van der Waals surface area (Å²) in [5.41, 5.74) is 1.06. The van der Waals surface area contributed by atoms with Crippen molar-refractivity contribution in [3.05, 3.63) is 33.3 Å². The molecule has 4 heteroatoms. The van der Waals surface area contributed by atoms with Gasteiger partial charge in [0.25, 0.3) is 5.91 Å². The Morgan fingerprint density at radius 3 is 2.67 bits per heavy atom. The van der Waals surface area contributed by atoms with Crippen molar-refractivity contribution in [2.45, 2.75) is 25.7 Å². The third-order valence-corrected chi connectivity index (χ3v) is 4.74. The van der Waals surface area contributed by atoms with Gasteiger partial charge >= 0.3 is 0 Å². The van der Waals surface area contributed by atoms with Crippen molar-refractivity contribution in [2.75, 3.05) is 6.54 Å². The van der Waals surface area contributed by atoms with Crippen molar-refractivity contribution < 1.29 is 4.79 Å². The van der Waals surface area contributed by atoms with E-state index < -0.39 is 0 Å². The largest absolute Gasteiger partial charge is 0.351 e. The number of carbonyl (C=O) groups excluding carboxylic acids is 1. The molecule has 1 N–H and O–H groups in total. The van der Waals surface area contributed by atoms with E-state index in [0.717, 1.165) is 16.9 Å². The second-order valence-corrected chi connectivity index (χ2v) is 6.83. The average Bonchev–Trinajstić information content (AvgIpc) is 3.15. The second kappa shape index (κ2) is 4.53. The van der Waals surface area contributed by atoms with Crippen molar-refractivity contribution in [2.24, 2.45) is 11.3 Å². The fraction of sp³-hybridized carbons (Fsp3) is 0.500. The standard InChI is InChI=1S/C14H15BrClNO/c15-11-5-9(6-12(16)7-11)13(18)17-8-14(3-4-14)10-1-2-10/h5-7,10H,1-4,8H2,(H,17,18). The van der Waals surface area contributed by atoms with E-state index in [1.54, 1.807) is 18.2 Å². The molecule has 1 aromatic rings. The topological polar surface area (TPSA) is 29.1 Å². The summed E-state index contributed by atoms with van der Waals surface area (Å²) in [6, 6.07) is 5.29. The predicted molar refractivity (Wildman–Crippen MR) is 75.9 cm³/mol. The molecule has 0 saturated heterocycles. The zero-order valence-electron chi connectivity index (χ0n) is 10.0. The third-order valence-electron chi connectivity index (χ3n) is 4.06. The van der Waals surface area contributed by atoms with Crippen LogP contribution in [0.1, 0.15) is 36.0 Å². The quantitative estimate of drug-likeness (QED) is 0.888. The average molecular weight is 329 g/mol. The van der Waals surface area contributed by atoms with Crippen LogP contribution >= 0.6 is 27.5 Å². The molecular weight excluding hydrogens is 314 g/mol. The van der Waals surface area contributed by atoms with E-state index >= 15 is 0 Å². The lowest BCUT2D eigenvalue weighted by Crippen LogP contribution is -2.31. The van der Waals surface area contributed by atoms with Gasteiger partial charge in [-0.2, -0.15) is 0 Å². The van der Waals surface area contributed by atoms with Crippen molar-refractivity contribution in [1.29, 1.82) is 0 Å². The number of nitrogens with one attached hydrogen (secondary N) is 1. The van der Waals surface area contributed by atoms with Crippen LogP contribution in [0.2, 0.25) is 5.02 Å². The smallest absolute Gasteiger partial charge is 0.251 e. The molecule has 0 radical (unpaired) electrons. The second-order valence-electron chi connectivity index (χ2n) is 5.48. The minimum atomic E-state index is -0.0230. The maximum atomic E-state index is 12.1. The zero-order valence-corrected chi connectivity index (χ0v) is 12.4. The van der Waals surface area contributed by atoms with Crippen LogP contribution < -0.4 is 5.32 Å². The molecule has 2 fully saturated rings. The van der Waals surface area contributed by atoms with Gasteiger partial charge in [0.15, 0.2) is 0 Å². The molecule has 0 atom stereocenters. The van der Waals surface area contributed by atoms with Gasteiger partial charge in [0.1, 0.15) is 0 Å². The molecule has 0 heterocycles. The maximum absolute atomic E-state index is 12.1. The van der Waals surface area contributed by atoms with Crippen LogP contribution in [0.4, 0.5) is 0 Å². The lowest BCUT2D eigenvalue weighted by molar-refractivity contribution is 0.0942. The molecule has 3 rings (SSSR count). The van der Waals surface area contributed by atoms with E-state index in [0.29, 0.717) is 16.0 Å². The number of hydrogen-bond donors (Lipinski definition) is 1. The Kier molecular flexibility index (Phi) is 3.15. The number of hydrogen-bond acceptors (Lipinski definition) is 1. The summed E-state index contributed by atoms with van der Waals surface area (Å²) in [5, 5.41) is 3.64. The third kappa shape index (κ3) is 2.57. The van der Waals surface area contributed by atoms with E-state index in [9.17, 15) is 4.79 Å². The van der Waals surface area contributed by atoms with Crippen LogP contribution in [-0.4, -0.2) is 12.5 Å². The van der Waals surface area contributed by atoms with E-state index in [1.807, 2.05) is 0 Å². The van der Waals surface area contributed by atoms with Crippen LogP contribution in [0.15, 0.2) is 22.7 Å². The Bertz CT molecular complexity index is 474. The van der Waals surface area contributed by atoms with Crippen molar-refractivity contribution in [3.8, 4) is 0 Å². The molecule has 2 saturated carbocycles. The highest BCUT2D eigenvalue weighted by Gasteiger charge is 2.53. The van der Waals surface area contributed by atoms with Crippen LogP contribution in [0.3, 0.4) is 0 Å². The highest BCUT2D eigenvalue weighted by molar-refractivity contribution is 9.10. The van der Waals surface area contributed by atoms with Gasteiger partial charge in [-0.25, -0.2) is 0 Å². The summed E-state index contributed by atoms with van der Waals surface area (Å²) in [5.74, 6) is 0.842. The van der Waals surface area contributed by atoms with Gasteiger partial charge in [-0.05, 0) is 55.2 Å². The molecule has 1 amide bonds. The van der Waals surface area contributed by atoms with Crippen LogP contribution in [0.25, 0.3) is 0 Å². The van der Waals surface area contributed by atoms with Crippen LogP contribution in [0.5, 0.6) is 0 Å². The van der Waals surface area contributed by atoms with E-state index in [-0.39, 0.29) is 5.91 Å². The Labute approximate surface area is 120 Å². The molecule has 0 aromatic heterocycles. The van der Waals surface area contributed by atoms with Crippen molar-refractivity contribution in [3.63, 3.8) is 0 Å². The summed E-state index contributed by atoms with van der Waals surface area (Å²) >= 11 is 9.30. The minimum Gasteiger partial charge on any atom is -0.351 e. The van der Waals surface area contributed by atoms with E-state index in [1.165, 1.54) is 25.7 Å². The van der Waals surface area contributed by atoms with Crippen LogP contribution in [-0.2, 0) is 0 Å². The Balaban J connectivity index is 1.64. The lowest BCUT2D eigenvalue weighted by Gasteiger charge is -2.15. The Hall–Kier alpha value is -0.540. The maximum Gasteiger partial charge on any atom is 0.251 e. The highest BCUT2D eigenvalue weighted by Crippen LogP contribution is 2.60. The Morgan fingerprint density at radius 2 is 2.11 bits per heavy atom. The normalized spacial score (nSPS) is 20.6. The summed E-state index contributed by atoms with van der Waals surface area (Å²) in [7, 11) is 0. The number of carbonyl (C=O) groups is 1. The number of benzene rings is 1. The van der Waals surface area contributed by atoms with Gasteiger partial charge in [0.05, 0.1) is 0 Å². The summed E-state index contributed by atoms with van der Waals surface area (Å²) in [6.07, 6.45) is 5.24. The van der Waals surface area contributed by atoms with Gasteiger partial charge in [0.2, 0.25) is 0 Å². The predicted octanol–water partition coefficient (Wildman–Crippen LogP) is 4.02. The molecule has 96 valence electrons. The molecule has 0 aliphatic heterocycles. The van der Waals surface area contributed by atoms with Crippen molar-refractivity contribution >= 4 is 33.4 Å². The molecular formula is C14H15BrClNO. The molecule has 2 aliphatic carbocycles. The fourth-order valence-corrected chi connectivity index (χ4v) is 3.49. The fourth-order valence-electron chi connectivity index (χ4n) is 2.63. The summed E-state index contributed by atoms with van der Waals surface area (Å²) < 4.78 is 0.837. The molecule has 2 nitrogen and oxygen atoms in total. The molecule has 18 heavy (non-hydrogen) atoms. The number of amides is 1. The molecule has 0 bridgehead atoms. The van der Waals surface area contributed by atoms with Crippen LogP contribution in [0, 0.1) is 11.3 Å². The first kappa shape index (κ1) is 12.5. The van der Waals surface area contributed by atoms with Gasteiger partial charge in [-0.3, -0.25) is 4.79 Å². The molecule has 2 aliphatic rings.